The Morgan fingerprint density at radius 1 is 1.50 bits per heavy atom. The maximum absolute atomic E-state index is 11.1. The van der Waals surface area contributed by atoms with E-state index in [1.54, 1.807) is 38.3 Å². The van der Waals surface area contributed by atoms with Gasteiger partial charge in [0.2, 0.25) is 5.91 Å². The minimum atomic E-state index is -1.16. The van der Waals surface area contributed by atoms with Crippen LogP contribution in [0.4, 0.5) is 0 Å². The Morgan fingerprint density at radius 2 is 2.14 bits per heavy atom. The molecule has 0 aromatic heterocycles. The van der Waals surface area contributed by atoms with Gasteiger partial charge < -0.3 is 16.2 Å². The highest BCUT2D eigenvalue weighted by molar-refractivity contribution is 5.85. The molecule has 0 saturated carbocycles. The van der Waals surface area contributed by atoms with Crippen LogP contribution < -0.4 is 16.2 Å². The van der Waals surface area contributed by atoms with Crippen molar-refractivity contribution in [3.8, 4) is 5.75 Å². The van der Waals surface area contributed by atoms with Gasteiger partial charge in [0.15, 0.2) is 0 Å². The maximum Gasteiger partial charge on any atom is 0.241 e. The molecule has 1 aromatic rings. The molecule has 0 radical (unpaired) electrons. The summed E-state index contributed by atoms with van der Waals surface area (Å²) in [4.78, 5) is 11.1. The van der Waals surface area contributed by atoms with E-state index in [0.717, 1.165) is 0 Å². The zero-order valence-corrected chi connectivity index (χ0v) is 8.28. The molecule has 1 rings (SSSR count). The molecule has 1 aromatic carbocycles. The monoisotopic (exact) mass is 194 g/mol. The first-order chi connectivity index (χ1) is 6.48. The first-order valence-corrected chi connectivity index (χ1v) is 4.22. The number of rotatable bonds is 3. The van der Waals surface area contributed by atoms with Crippen LogP contribution in [-0.4, -0.2) is 13.0 Å². The number of methoxy groups -OCH3 is 1. The second kappa shape index (κ2) is 3.67. The lowest BCUT2D eigenvalue weighted by Gasteiger charge is -2.21. The van der Waals surface area contributed by atoms with Gasteiger partial charge in [-0.1, -0.05) is 12.1 Å². The van der Waals surface area contributed by atoms with Gasteiger partial charge >= 0.3 is 0 Å². The molecule has 1 amide bonds. The molecular weight excluding hydrogens is 180 g/mol. The fraction of sp³-hybridized carbons (Fsp3) is 0.300. The van der Waals surface area contributed by atoms with E-state index in [2.05, 4.69) is 0 Å². The minimum Gasteiger partial charge on any atom is -0.497 e. The second-order valence-electron chi connectivity index (χ2n) is 3.30. The third-order valence-electron chi connectivity index (χ3n) is 2.18. The highest BCUT2D eigenvalue weighted by Crippen LogP contribution is 2.21. The number of ether oxygens (including phenoxy) is 1. The van der Waals surface area contributed by atoms with Crippen LogP contribution in [0.3, 0.4) is 0 Å². The van der Waals surface area contributed by atoms with Crippen molar-refractivity contribution in [3.63, 3.8) is 0 Å². The Morgan fingerprint density at radius 3 is 2.64 bits per heavy atom. The Kier molecular flexibility index (Phi) is 2.76. The van der Waals surface area contributed by atoms with Gasteiger partial charge in [-0.25, -0.2) is 0 Å². The van der Waals surface area contributed by atoms with E-state index in [9.17, 15) is 4.79 Å². The van der Waals surface area contributed by atoms with E-state index in [0.29, 0.717) is 11.3 Å². The Hall–Kier alpha value is -1.55. The van der Waals surface area contributed by atoms with Gasteiger partial charge in [-0.15, -0.1) is 0 Å². The molecular formula is C10H14N2O2. The quantitative estimate of drug-likeness (QED) is 0.729. The van der Waals surface area contributed by atoms with E-state index in [4.69, 9.17) is 16.2 Å². The van der Waals surface area contributed by atoms with E-state index in [-0.39, 0.29) is 0 Å². The highest BCUT2D eigenvalue weighted by Gasteiger charge is 2.28. The molecule has 14 heavy (non-hydrogen) atoms. The molecule has 0 spiro atoms. The predicted molar refractivity (Wildman–Crippen MR) is 53.7 cm³/mol. The first-order valence-electron chi connectivity index (χ1n) is 4.22. The van der Waals surface area contributed by atoms with E-state index < -0.39 is 11.4 Å². The number of benzene rings is 1. The Balaban J connectivity index is 3.12. The van der Waals surface area contributed by atoms with Crippen LogP contribution in [-0.2, 0) is 10.3 Å². The van der Waals surface area contributed by atoms with Gasteiger partial charge in [0.05, 0.1) is 7.11 Å². The smallest absolute Gasteiger partial charge is 0.241 e. The largest absolute Gasteiger partial charge is 0.497 e. The van der Waals surface area contributed by atoms with Gasteiger partial charge in [-0.3, -0.25) is 4.79 Å². The topological polar surface area (TPSA) is 78.3 Å². The van der Waals surface area contributed by atoms with Gasteiger partial charge in [0.25, 0.3) is 0 Å². The van der Waals surface area contributed by atoms with Crippen LogP contribution in [0.15, 0.2) is 24.3 Å². The standard InChI is InChI=1S/C10H14N2O2/c1-10(12,9(11)13)7-4-3-5-8(6-7)14-2/h3-6H,12H2,1-2H3,(H2,11,13). The number of carbonyl (C=O) groups is 1. The maximum atomic E-state index is 11.1. The Bertz CT molecular complexity index is 348. The second-order valence-corrected chi connectivity index (χ2v) is 3.30. The predicted octanol–water partition coefficient (Wildman–Crippen LogP) is 0.354. The summed E-state index contributed by atoms with van der Waals surface area (Å²) < 4.78 is 5.02. The van der Waals surface area contributed by atoms with E-state index in [1.165, 1.54) is 0 Å². The lowest BCUT2D eigenvalue weighted by Crippen LogP contribution is -2.46. The summed E-state index contributed by atoms with van der Waals surface area (Å²) in [5, 5.41) is 0. The van der Waals surface area contributed by atoms with Crippen molar-refractivity contribution in [1.82, 2.24) is 0 Å². The van der Waals surface area contributed by atoms with Crippen molar-refractivity contribution in [2.24, 2.45) is 11.5 Å². The molecule has 0 fully saturated rings. The van der Waals surface area contributed by atoms with E-state index in [1.807, 2.05) is 0 Å². The molecule has 1 unspecified atom stereocenters. The lowest BCUT2D eigenvalue weighted by atomic mass is 9.92. The third-order valence-corrected chi connectivity index (χ3v) is 2.18. The average molecular weight is 194 g/mol. The summed E-state index contributed by atoms with van der Waals surface area (Å²) in [5.74, 6) is 0.0891. The summed E-state index contributed by atoms with van der Waals surface area (Å²) in [6, 6.07) is 6.99. The Labute approximate surface area is 82.8 Å². The van der Waals surface area contributed by atoms with Gasteiger partial charge in [-0.05, 0) is 24.6 Å². The summed E-state index contributed by atoms with van der Waals surface area (Å²) in [6.07, 6.45) is 0. The number of nitrogens with two attached hydrogens (primary N) is 2. The summed E-state index contributed by atoms with van der Waals surface area (Å²) in [6.45, 7) is 1.57. The number of hydrogen-bond donors (Lipinski definition) is 2. The van der Waals surface area contributed by atoms with Gasteiger partial charge in [-0.2, -0.15) is 0 Å². The number of amides is 1. The fourth-order valence-corrected chi connectivity index (χ4v) is 1.09. The minimum absolute atomic E-state index is 0.564. The molecule has 76 valence electrons. The number of primary amides is 1. The molecule has 0 aliphatic rings. The van der Waals surface area contributed by atoms with Crippen molar-refractivity contribution in [2.45, 2.75) is 12.5 Å². The van der Waals surface area contributed by atoms with Crippen LogP contribution in [0.1, 0.15) is 12.5 Å². The zero-order valence-electron chi connectivity index (χ0n) is 8.28. The van der Waals surface area contributed by atoms with E-state index >= 15 is 0 Å². The van der Waals surface area contributed by atoms with Crippen molar-refractivity contribution in [3.05, 3.63) is 29.8 Å². The molecule has 4 heteroatoms. The van der Waals surface area contributed by atoms with Crippen LogP contribution in [0.2, 0.25) is 0 Å². The SMILES string of the molecule is COc1cccc(C(C)(N)C(N)=O)c1. The van der Waals surface area contributed by atoms with Crippen LogP contribution >= 0.6 is 0 Å². The van der Waals surface area contributed by atoms with Crippen molar-refractivity contribution in [1.29, 1.82) is 0 Å². The number of carbonyl (C=O) groups excluding carboxylic acids is 1. The molecule has 4 N–H and O–H groups in total. The van der Waals surface area contributed by atoms with Gasteiger partial charge in [0, 0.05) is 0 Å². The fourth-order valence-electron chi connectivity index (χ4n) is 1.09. The van der Waals surface area contributed by atoms with Crippen molar-refractivity contribution < 1.29 is 9.53 Å². The third kappa shape index (κ3) is 1.85. The molecule has 0 heterocycles. The molecule has 1 atom stereocenters. The zero-order chi connectivity index (χ0) is 10.8. The summed E-state index contributed by atoms with van der Waals surface area (Å²) in [7, 11) is 1.55. The molecule has 0 saturated heterocycles. The highest BCUT2D eigenvalue weighted by atomic mass is 16.5. The normalized spacial score (nSPS) is 14.5. The first kappa shape index (κ1) is 10.5. The van der Waals surface area contributed by atoms with Crippen LogP contribution in [0.25, 0.3) is 0 Å². The van der Waals surface area contributed by atoms with Crippen LogP contribution in [0, 0.1) is 0 Å². The molecule has 0 aliphatic heterocycles. The average Bonchev–Trinajstić information content (AvgIpc) is 2.17. The van der Waals surface area contributed by atoms with Crippen LogP contribution in [0.5, 0.6) is 5.75 Å². The summed E-state index contributed by atoms with van der Waals surface area (Å²) >= 11 is 0. The molecule has 4 nitrogen and oxygen atoms in total. The molecule has 0 aliphatic carbocycles. The number of hydrogen-bond acceptors (Lipinski definition) is 3. The molecule has 0 bridgehead atoms. The lowest BCUT2D eigenvalue weighted by molar-refractivity contribution is -0.122. The summed E-state index contributed by atoms with van der Waals surface area (Å²) in [5.41, 5.74) is 10.4. The van der Waals surface area contributed by atoms with Crippen molar-refractivity contribution in [2.75, 3.05) is 7.11 Å². The van der Waals surface area contributed by atoms with Gasteiger partial charge in [0.1, 0.15) is 11.3 Å². The van der Waals surface area contributed by atoms with Crippen molar-refractivity contribution >= 4 is 5.91 Å².